The monoisotopic (exact) mass is 353 g/mol. The van der Waals surface area contributed by atoms with Crippen molar-refractivity contribution in [2.24, 2.45) is 0 Å². The van der Waals surface area contributed by atoms with E-state index in [1.807, 2.05) is 41.9 Å². The molecule has 2 nitrogen and oxygen atoms in total. The molecule has 0 bridgehead atoms. The van der Waals surface area contributed by atoms with Crippen LogP contribution in [0.1, 0.15) is 5.56 Å². The molecule has 0 saturated carbocycles. The third-order valence-electron chi connectivity index (χ3n) is 2.95. The highest BCUT2D eigenvalue weighted by Gasteiger charge is 2.06. The van der Waals surface area contributed by atoms with Crippen LogP contribution < -0.4 is 5.56 Å². The Morgan fingerprint density at radius 1 is 1.26 bits per heavy atom. The third-order valence-corrected chi connectivity index (χ3v) is 4.68. The molecule has 0 atom stereocenters. The minimum Gasteiger partial charge on any atom is -0.310 e. The lowest BCUT2D eigenvalue weighted by Crippen LogP contribution is -2.19. The Balaban J connectivity index is 2.05. The van der Waals surface area contributed by atoms with Gasteiger partial charge in [0.2, 0.25) is 0 Å². The standard InChI is InChI=1S/C14H9BrClNOS/c15-10-2-1-9(12(16)7-10)8-17-5-3-13-11(14(17)18)4-6-19-13/h1-7H,8H2. The zero-order valence-electron chi connectivity index (χ0n) is 9.77. The van der Waals surface area contributed by atoms with Crippen LogP contribution in [0.5, 0.6) is 0 Å². The number of benzene rings is 1. The summed E-state index contributed by atoms with van der Waals surface area (Å²) in [6, 6.07) is 9.52. The molecule has 3 aromatic rings. The lowest BCUT2D eigenvalue weighted by molar-refractivity contribution is 0.768. The molecule has 0 aliphatic carbocycles. The highest BCUT2D eigenvalue weighted by Crippen LogP contribution is 2.22. The molecule has 0 aliphatic heterocycles. The van der Waals surface area contributed by atoms with Gasteiger partial charge in [0.15, 0.2) is 0 Å². The van der Waals surface area contributed by atoms with Crippen molar-refractivity contribution in [1.29, 1.82) is 0 Å². The second kappa shape index (κ2) is 5.12. The lowest BCUT2D eigenvalue weighted by Gasteiger charge is -2.08. The molecule has 0 amide bonds. The van der Waals surface area contributed by atoms with Crippen molar-refractivity contribution in [1.82, 2.24) is 4.57 Å². The van der Waals surface area contributed by atoms with E-state index in [4.69, 9.17) is 11.6 Å². The summed E-state index contributed by atoms with van der Waals surface area (Å²) in [5.74, 6) is 0. The fourth-order valence-corrected chi connectivity index (χ4v) is 3.47. The second-order valence-electron chi connectivity index (χ2n) is 4.18. The average Bonchev–Trinajstić information content (AvgIpc) is 2.85. The summed E-state index contributed by atoms with van der Waals surface area (Å²) in [5.41, 5.74) is 0.958. The zero-order chi connectivity index (χ0) is 13.4. The Morgan fingerprint density at radius 2 is 2.11 bits per heavy atom. The van der Waals surface area contributed by atoms with Crippen molar-refractivity contribution in [2.75, 3.05) is 0 Å². The number of halogens is 2. The summed E-state index contributed by atoms with van der Waals surface area (Å²) >= 11 is 11.1. The summed E-state index contributed by atoms with van der Waals surface area (Å²) < 4.78 is 3.63. The van der Waals surface area contributed by atoms with Gasteiger partial charge in [-0.15, -0.1) is 11.3 Å². The molecule has 0 N–H and O–H groups in total. The van der Waals surface area contributed by atoms with Crippen LogP contribution in [-0.2, 0) is 6.54 Å². The first-order valence-corrected chi connectivity index (χ1v) is 7.71. The maximum absolute atomic E-state index is 12.3. The van der Waals surface area contributed by atoms with Crippen LogP contribution in [0.4, 0.5) is 0 Å². The van der Waals surface area contributed by atoms with Gasteiger partial charge in [0, 0.05) is 20.4 Å². The van der Waals surface area contributed by atoms with Gasteiger partial charge >= 0.3 is 0 Å². The minimum absolute atomic E-state index is 0.0257. The minimum atomic E-state index is 0.0257. The fourth-order valence-electron chi connectivity index (χ4n) is 1.96. The van der Waals surface area contributed by atoms with Crippen molar-refractivity contribution in [2.45, 2.75) is 6.54 Å². The number of fused-ring (bicyclic) bond motifs is 1. The first-order valence-electron chi connectivity index (χ1n) is 5.66. The van der Waals surface area contributed by atoms with E-state index < -0.39 is 0 Å². The zero-order valence-corrected chi connectivity index (χ0v) is 12.9. The first-order chi connectivity index (χ1) is 9.15. The first kappa shape index (κ1) is 12.9. The molecule has 0 saturated heterocycles. The summed E-state index contributed by atoms with van der Waals surface area (Å²) in [6.45, 7) is 0.483. The molecular weight excluding hydrogens is 346 g/mol. The Bertz CT molecular complexity index is 809. The quantitative estimate of drug-likeness (QED) is 0.663. The number of hydrogen-bond donors (Lipinski definition) is 0. The molecule has 0 spiro atoms. The average molecular weight is 355 g/mol. The number of rotatable bonds is 2. The number of thiophene rings is 1. The summed E-state index contributed by atoms with van der Waals surface area (Å²) in [6.07, 6.45) is 1.82. The van der Waals surface area contributed by atoms with E-state index in [0.717, 1.165) is 20.1 Å². The van der Waals surface area contributed by atoms with Crippen LogP contribution in [0.15, 0.2) is 51.2 Å². The predicted octanol–water partition coefficient (Wildman–Crippen LogP) is 4.53. The summed E-state index contributed by atoms with van der Waals surface area (Å²) in [7, 11) is 0. The second-order valence-corrected chi connectivity index (χ2v) is 6.45. The van der Waals surface area contributed by atoms with E-state index in [9.17, 15) is 4.79 Å². The van der Waals surface area contributed by atoms with Gasteiger partial charge in [-0.1, -0.05) is 33.6 Å². The van der Waals surface area contributed by atoms with Gasteiger partial charge in [0.1, 0.15) is 0 Å². The van der Waals surface area contributed by atoms with Crippen molar-refractivity contribution in [3.05, 3.63) is 67.3 Å². The fraction of sp³-hybridized carbons (Fsp3) is 0.0714. The predicted molar refractivity (Wildman–Crippen MR) is 84.3 cm³/mol. The highest BCUT2D eigenvalue weighted by atomic mass is 79.9. The largest absolute Gasteiger partial charge is 0.310 e. The van der Waals surface area contributed by atoms with Crippen LogP contribution in [0, 0.1) is 0 Å². The van der Waals surface area contributed by atoms with Gasteiger partial charge in [-0.3, -0.25) is 4.79 Å². The molecule has 0 aliphatic rings. The van der Waals surface area contributed by atoms with Crippen molar-refractivity contribution in [3.63, 3.8) is 0 Å². The topological polar surface area (TPSA) is 22.0 Å². The van der Waals surface area contributed by atoms with E-state index in [-0.39, 0.29) is 5.56 Å². The lowest BCUT2D eigenvalue weighted by atomic mass is 10.2. The maximum Gasteiger partial charge on any atom is 0.259 e. The van der Waals surface area contributed by atoms with Crippen LogP contribution >= 0.6 is 38.9 Å². The molecule has 3 rings (SSSR count). The molecule has 96 valence electrons. The van der Waals surface area contributed by atoms with Crippen LogP contribution in [0.2, 0.25) is 5.02 Å². The Kier molecular flexibility index (Phi) is 3.48. The molecule has 2 heterocycles. The number of nitrogens with zero attached hydrogens (tertiary/aromatic N) is 1. The van der Waals surface area contributed by atoms with Gasteiger partial charge in [-0.25, -0.2) is 0 Å². The molecular formula is C14H9BrClNOS. The van der Waals surface area contributed by atoms with Gasteiger partial charge in [-0.05, 0) is 35.2 Å². The van der Waals surface area contributed by atoms with E-state index >= 15 is 0 Å². The Labute approximate surface area is 127 Å². The smallest absolute Gasteiger partial charge is 0.259 e. The maximum atomic E-state index is 12.3. The van der Waals surface area contributed by atoms with Gasteiger partial charge in [0.05, 0.1) is 11.9 Å². The van der Waals surface area contributed by atoms with Crippen LogP contribution in [0.25, 0.3) is 10.1 Å². The highest BCUT2D eigenvalue weighted by molar-refractivity contribution is 9.10. The van der Waals surface area contributed by atoms with Crippen LogP contribution in [-0.4, -0.2) is 4.57 Å². The van der Waals surface area contributed by atoms with E-state index in [1.54, 1.807) is 15.9 Å². The molecule has 0 fully saturated rings. The van der Waals surface area contributed by atoms with Crippen molar-refractivity contribution in [3.8, 4) is 0 Å². The Morgan fingerprint density at radius 3 is 2.89 bits per heavy atom. The third kappa shape index (κ3) is 2.48. The summed E-state index contributed by atoms with van der Waals surface area (Å²) in [4.78, 5) is 12.3. The van der Waals surface area contributed by atoms with Crippen molar-refractivity contribution >= 4 is 49.0 Å². The van der Waals surface area contributed by atoms with Gasteiger partial charge in [0.25, 0.3) is 5.56 Å². The Hall–Kier alpha value is -1.10. The number of pyridine rings is 1. The van der Waals surface area contributed by atoms with E-state index in [1.165, 1.54) is 0 Å². The van der Waals surface area contributed by atoms with E-state index in [0.29, 0.717) is 11.6 Å². The normalized spacial score (nSPS) is 11.1. The number of aromatic nitrogens is 1. The van der Waals surface area contributed by atoms with Gasteiger partial charge in [-0.2, -0.15) is 0 Å². The molecule has 5 heteroatoms. The molecule has 19 heavy (non-hydrogen) atoms. The van der Waals surface area contributed by atoms with E-state index in [2.05, 4.69) is 15.9 Å². The van der Waals surface area contributed by atoms with Crippen molar-refractivity contribution < 1.29 is 0 Å². The molecule has 0 unspecified atom stereocenters. The molecule has 0 radical (unpaired) electrons. The summed E-state index contributed by atoms with van der Waals surface area (Å²) in [5, 5.41) is 3.36. The molecule has 1 aromatic carbocycles. The van der Waals surface area contributed by atoms with Crippen LogP contribution in [0.3, 0.4) is 0 Å². The number of hydrogen-bond acceptors (Lipinski definition) is 2. The van der Waals surface area contributed by atoms with Gasteiger partial charge < -0.3 is 4.57 Å². The SMILES string of the molecule is O=c1c2ccsc2ccn1Cc1ccc(Br)cc1Cl. The molecule has 2 aromatic heterocycles.